The largest absolute Gasteiger partial charge is 0.480 e. The SMILES string of the molecule is CC/C=C\C/C=C\C/C=C\C/C=C\CCCCC(=O)OC[C@H](COP(=O)(O)OC[C@H](N)C(=O)O)OC(=O)CCCCCCC/C=C/C=C/C(O)C/C=C/CC. The summed E-state index contributed by atoms with van der Waals surface area (Å²) in [6.45, 7) is 2.36. The number of aliphatic hydroxyl groups excluding tert-OH is 1. The topological polar surface area (TPSA) is 192 Å². The normalized spacial score (nSPS) is 15.3. The fourth-order valence-corrected chi connectivity index (χ4v) is 5.40. The van der Waals surface area contributed by atoms with Crippen LogP contribution in [0.25, 0.3) is 0 Å². The quantitative estimate of drug-likeness (QED) is 0.0157. The van der Waals surface area contributed by atoms with E-state index in [0.717, 1.165) is 77.0 Å². The van der Waals surface area contributed by atoms with Crippen LogP contribution in [0.15, 0.2) is 85.1 Å². The first kappa shape index (κ1) is 51.6. The van der Waals surface area contributed by atoms with E-state index in [2.05, 4.69) is 73.1 Å². The van der Waals surface area contributed by atoms with Crippen LogP contribution < -0.4 is 5.73 Å². The van der Waals surface area contributed by atoms with E-state index in [0.29, 0.717) is 19.3 Å². The Morgan fingerprint density at radius 2 is 1.18 bits per heavy atom. The Labute approximate surface area is 329 Å². The molecule has 5 N–H and O–H groups in total. The third kappa shape index (κ3) is 36.0. The second-order valence-electron chi connectivity index (χ2n) is 12.8. The number of unbranched alkanes of at least 4 members (excludes halogenated alkanes) is 7. The number of carbonyl (C=O) groups excluding carboxylic acids is 2. The lowest BCUT2D eigenvalue weighted by Crippen LogP contribution is -2.34. The summed E-state index contributed by atoms with van der Waals surface area (Å²) >= 11 is 0. The molecule has 2 unspecified atom stereocenters. The second kappa shape index (κ2) is 36.3. The number of phosphoric acid groups is 1. The van der Waals surface area contributed by atoms with E-state index in [1.807, 2.05) is 24.3 Å². The zero-order valence-electron chi connectivity index (χ0n) is 33.1. The fraction of sp³-hybridized carbons (Fsp3) is 0.595. The van der Waals surface area contributed by atoms with Crippen LogP contribution in [-0.2, 0) is 37.5 Å². The molecule has 0 aliphatic carbocycles. The Balaban J connectivity index is 4.58. The monoisotopic (exact) mass is 793 g/mol. The van der Waals surface area contributed by atoms with Crippen molar-refractivity contribution < 1.29 is 52.6 Å². The average molecular weight is 794 g/mol. The van der Waals surface area contributed by atoms with Gasteiger partial charge in [0.1, 0.15) is 12.6 Å². The van der Waals surface area contributed by atoms with Crippen molar-refractivity contribution in [2.24, 2.45) is 5.73 Å². The molecule has 55 heavy (non-hydrogen) atoms. The van der Waals surface area contributed by atoms with Crippen molar-refractivity contribution in [1.29, 1.82) is 0 Å². The number of nitrogens with two attached hydrogens (primary N) is 1. The van der Waals surface area contributed by atoms with Crippen molar-refractivity contribution >= 4 is 25.7 Å². The second-order valence-corrected chi connectivity index (χ2v) is 14.3. The number of rotatable bonds is 35. The summed E-state index contributed by atoms with van der Waals surface area (Å²) in [5.41, 5.74) is 5.31. The molecular formula is C42H68NO11P. The highest BCUT2D eigenvalue weighted by molar-refractivity contribution is 7.47. The molecule has 312 valence electrons. The molecule has 13 heteroatoms. The fourth-order valence-electron chi connectivity index (χ4n) is 4.62. The molecule has 12 nitrogen and oxygen atoms in total. The lowest BCUT2D eigenvalue weighted by molar-refractivity contribution is -0.161. The molecule has 0 rings (SSSR count). The summed E-state index contributed by atoms with van der Waals surface area (Å²) in [6, 6.07) is -1.54. The molecular weight excluding hydrogens is 725 g/mol. The Bertz CT molecular complexity index is 1270. The van der Waals surface area contributed by atoms with Gasteiger partial charge in [-0.2, -0.15) is 0 Å². The maximum absolute atomic E-state index is 12.6. The maximum Gasteiger partial charge on any atom is 0.472 e. The van der Waals surface area contributed by atoms with Crippen molar-refractivity contribution in [2.75, 3.05) is 19.8 Å². The Hall–Kier alpha value is -3.38. The van der Waals surface area contributed by atoms with E-state index in [9.17, 15) is 28.9 Å². The van der Waals surface area contributed by atoms with Crippen LogP contribution in [0, 0.1) is 0 Å². The highest BCUT2D eigenvalue weighted by Gasteiger charge is 2.28. The number of hydrogen-bond donors (Lipinski definition) is 4. The number of phosphoric ester groups is 1. The van der Waals surface area contributed by atoms with E-state index in [1.54, 1.807) is 6.08 Å². The van der Waals surface area contributed by atoms with Crippen molar-refractivity contribution in [3.8, 4) is 0 Å². The van der Waals surface area contributed by atoms with Crippen molar-refractivity contribution in [3.05, 3.63) is 85.1 Å². The predicted octanol–water partition coefficient (Wildman–Crippen LogP) is 8.91. The minimum atomic E-state index is -4.75. The number of aliphatic carboxylic acids is 1. The Morgan fingerprint density at radius 3 is 1.85 bits per heavy atom. The number of allylic oxidation sites excluding steroid dienone is 12. The standard InChI is InChI=1S/C42H68NO11P/c1-3-5-7-8-9-10-11-12-13-14-15-18-21-24-28-32-40(45)51-34-38(35-52-55(49,50)53-36-39(43)42(47)48)54-41(46)33-29-25-22-19-16-17-20-23-27-31-37(44)30-26-6-4-2/h5-7,9-10,12-13,15,18,20,23,26-27,31,37-39,44H,3-4,8,11,14,16-17,19,21-22,24-25,28-30,32-36,43H2,1-2H3,(H,47,48)(H,49,50)/b7-5-,10-9-,13-12-,18-15-,23-20+,26-6+,31-27+/t37?,38-,39+/m1/s1. The lowest BCUT2D eigenvalue weighted by atomic mass is 10.1. The molecule has 0 aromatic heterocycles. The first-order chi connectivity index (χ1) is 26.5. The first-order valence-electron chi connectivity index (χ1n) is 19.7. The average Bonchev–Trinajstić information content (AvgIpc) is 3.15. The molecule has 0 saturated carbocycles. The highest BCUT2D eigenvalue weighted by Crippen LogP contribution is 2.43. The molecule has 0 fully saturated rings. The zero-order chi connectivity index (χ0) is 40.8. The molecule has 0 aromatic rings. The van der Waals surface area contributed by atoms with Gasteiger partial charge in [-0.1, -0.05) is 118 Å². The summed E-state index contributed by atoms with van der Waals surface area (Å²) in [5, 5.41) is 18.7. The lowest BCUT2D eigenvalue weighted by Gasteiger charge is -2.20. The molecule has 0 radical (unpaired) electrons. The smallest absolute Gasteiger partial charge is 0.472 e. The molecule has 0 aromatic carbocycles. The number of esters is 2. The van der Waals surface area contributed by atoms with Gasteiger partial charge < -0.3 is 30.3 Å². The Morgan fingerprint density at radius 1 is 0.655 bits per heavy atom. The zero-order valence-corrected chi connectivity index (χ0v) is 34.0. The molecule has 0 saturated heterocycles. The third-order valence-corrected chi connectivity index (χ3v) is 8.67. The van der Waals surface area contributed by atoms with E-state index in [1.165, 1.54) is 0 Å². The van der Waals surface area contributed by atoms with Crippen LogP contribution in [0.3, 0.4) is 0 Å². The predicted molar refractivity (Wildman–Crippen MR) is 218 cm³/mol. The first-order valence-corrected chi connectivity index (χ1v) is 21.2. The van der Waals surface area contributed by atoms with Gasteiger partial charge >= 0.3 is 25.7 Å². The van der Waals surface area contributed by atoms with Gasteiger partial charge in [0.2, 0.25) is 0 Å². The van der Waals surface area contributed by atoms with Crippen molar-refractivity contribution in [1.82, 2.24) is 0 Å². The number of ether oxygens (including phenoxy) is 2. The summed E-state index contributed by atoms with van der Waals surface area (Å²) in [4.78, 5) is 45.8. The van der Waals surface area contributed by atoms with Crippen LogP contribution in [0.2, 0.25) is 0 Å². The number of carboxylic acids is 1. The third-order valence-electron chi connectivity index (χ3n) is 7.72. The van der Waals surface area contributed by atoms with Crippen LogP contribution in [0.1, 0.15) is 123 Å². The summed E-state index contributed by atoms with van der Waals surface area (Å²) in [6.07, 6.45) is 39.9. The van der Waals surface area contributed by atoms with Crippen LogP contribution >= 0.6 is 7.82 Å². The number of carboxylic acid groups (broad SMARTS) is 1. The van der Waals surface area contributed by atoms with Gasteiger partial charge in [0.15, 0.2) is 6.10 Å². The molecule has 0 spiro atoms. The molecule has 0 aliphatic rings. The van der Waals surface area contributed by atoms with Crippen LogP contribution in [0.4, 0.5) is 0 Å². The minimum Gasteiger partial charge on any atom is -0.480 e. The minimum absolute atomic E-state index is 0.100. The summed E-state index contributed by atoms with van der Waals surface area (Å²) in [7, 11) is -4.75. The van der Waals surface area contributed by atoms with E-state index in [-0.39, 0.29) is 12.8 Å². The van der Waals surface area contributed by atoms with Gasteiger partial charge in [-0.05, 0) is 77.0 Å². The molecule has 0 amide bonds. The van der Waals surface area contributed by atoms with E-state index >= 15 is 0 Å². The van der Waals surface area contributed by atoms with Crippen molar-refractivity contribution in [3.63, 3.8) is 0 Å². The number of hydrogen-bond acceptors (Lipinski definition) is 10. The molecule has 4 atom stereocenters. The van der Waals surface area contributed by atoms with Crippen LogP contribution in [-0.4, -0.2) is 71.1 Å². The van der Waals surface area contributed by atoms with Gasteiger partial charge in [-0.25, -0.2) is 4.57 Å². The van der Waals surface area contributed by atoms with Gasteiger partial charge in [0, 0.05) is 12.8 Å². The molecule has 0 aliphatic heterocycles. The number of aliphatic hydroxyl groups is 1. The number of carbonyl (C=O) groups is 3. The Kier molecular flexibility index (Phi) is 34.0. The highest BCUT2D eigenvalue weighted by atomic mass is 31.2. The van der Waals surface area contributed by atoms with E-state index < -0.39 is 63.8 Å². The van der Waals surface area contributed by atoms with Gasteiger partial charge in [0.05, 0.1) is 19.3 Å². The van der Waals surface area contributed by atoms with Crippen LogP contribution in [0.5, 0.6) is 0 Å². The van der Waals surface area contributed by atoms with Gasteiger partial charge in [-0.3, -0.25) is 23.4 Å². The molecule has 0 bridgehead atoms. The summed E-state index contributed by atoms with van der Waals surface area (Å²) in [5.74, 6) is -2.51. The maximum atomic E-state index is 12.6. The van der Waals surface area contributed by atoms with E-state index in [4.69, 9.17) is 24.8 Å². The van der Waals surface area contributed by atoms with Gasteiger partial charge in [0.25, 0.3) is 0 Å². The van der Waals surface area contributed by atoms with Crippen molar-refractivity contribution in [2.45, 2.75) is 141 Å². The molecule has 0 heterocycles. The summed E-state index contributed by atoms with van der Waals surface area (Å²) < 4.78 is 32.5. The van der Waals surface area contributed by atoms with Gasteiger partial charge in [-0.15, -0.1) is 0 Å².